The highest BCUT2D eigenvalue weighted by Crippen LogP contribution is 2.08. The number of Topliss-reactive ketones (excluding diaryl/α,β-unsaturated/α-hetero) is 1. The van der Waals surface area contributed by atoms with Gasteiger partial charge in [0.05, 0.1) is 12.1 Å². The molecular formula is C13H15N3O. The summed E-state index contributed by atoms with van der Waals surface area (Å²) in [5.74, 6) is 0.0699. The summed E-state index contributed by atoms with van der Waals surface area (Å²) in [5.41, 5.74) is 3.41. The van der Waals surface area contributed by atoms with Crippen LogP contribution >= 0.6 is 0 Å². The van der Waals surface area contributed by atoms with Crippen LogP contribution in [-0.4, -0.2) is 20.5 Å². The molecule has 4 nitrogen and oxygen atoms in total. The average Bonchev–Trinajstić information content (AvgIpc) is 2.58. The molecule has 0 amide bonds. The molecule has 2 aromatic heterocycles. The molecule has 0 radical (unpaired) electrons. The van der Waals surface area contributed by atoms with Crippen molar-refractivity contribution in [1.82, 2.24) is 14.8 Å². The van der Waals surface area contributed by atoms with Crippen LogP contribution in [0, 0.1) is 13.8 Å². The van der Waals surface area contributed by atoms with Gasteiger partial charge >= 0.3 is 0 Å². The molecule has 2 aromatic rings. The Hall–Kier alpha value is -1.97. The molecule has 0 saturated carbocycles. The molecule has 0 N–H and O–H groups in total. The van der Waals surface area contributed by atoms with Gasteiger partial charge in [-0.2, -0.15) is 5.10 Å². The van der Waals surface area contributed by atoms with Gasteiger partial charge in [-0.3, -0.25) is 14.5 Å². The van der Waals surface area contributed by atoms with E-state index in [1.807, 2.05) is 39.1 Å². The Bertz CT molecular complexity index is 540. The third kappa shape index (κ3) is 2.58. The zero-order chi connectivity index (χ0) is 12.4. The fourth-order valence-electron chi connectivity index (χ4n) is 1.73. The van der Waals surface area contributed by atoms with Gasteiger partial charge in [-0.1, -0.05) is 0 Å². The summed E-state index contributed by atoms with van der Waals surface area (Å²) in [6.45, 7) is 3.82. The monoisotopic (exact) mass is 229 g/mol. The summed E-state index contributed by atoms with van der Waals surface area (Å²) in [5, 5.41) is 4.22. The number of rotatable bonds is 3. The first-order valence-electron chi connectivity index (χ1n) is 5.51. The highest BCUT2D eigenvalue weighted by molar-refractivity contribution is 5.97. The standard InChI is InChI=1S/C13H15N3O/c1-9-4-5-11(8-14-9)13(17)7-12-6-10(2)15-16(12)3/h4-6,8H,7H2,1-3H3. The first-order chi connectivity index (χ1) is 8.06. The van der Waals surface area contributed by atoms with Crippen molar-refractivity contribution in [3.63, 3.8) is 0 Å². The second-order valence-electron chi connectivity index (χ2n) is 4.19. The Morgan fingerprint density at radius 3 is 2.59 bits per heavy atom. The largest absolute Gasteiger partial charge is 0.294 e. The summed E-state index contributed by atoms with van der Waals surface area (Å²) < 4.78 is 1.74. The number of aryl methyl sites for hydroxylation is 3. The predicted octanol–water partition coefficient (Wildman–Crippen LogP) is 1.86. The number of hydrogen-bond acceptors (Lipinski definition) is 3. The second-order valence-corrected chi connectivity index (χ2v) is 4.19. The smallest absolute Gasteiger partial charge is 0.170 e. The number of nitrogens with zero attached hydrogens (tertiary/aromatic N) is 3. The Labute approximate surface area is 100 Å². The topological polar surface area (TPSA) is 47.8 Å². The van der Waals surface area contributed by atoms with Gasteiger partial charge in [0.1, 0.15) is 0 Å². The van der Waals surface area contributed by atoms with Gasteiger partial charge < -0.3 is 0 Å². The molecule has 2 rings (SSSR count). The van der Waals surface area contributed by atoms with E-state index in [4.69, 9.17) is 0 Å². The second kappa shape index (κ2) is 4.49. The normalized spacial score (nSPS) is 10.5. The van der Waals surface area contributed by atoms with Crippen LogP contribution in [-0.2, 0) is 13.5 Å². The number of carbonyl (C=O) groups excluding carboxylic acids is 1. The van der Waals surface area contributed by atoms with E-state index < -0.39 is 0 Å². The molecule has 0 aliphatic rings. The molecule has 0 saturated heterocycles. The van der Waals surface area contributed by atoms with Gasteiger partial charge in [-0.05, 0) is 32.0 Å². The fraction of sp³-hybridized carbons (Fsp3) is 0.308. The van der Waals surface area contributed by atoms with E-state index in [-0.39, 0.29) is 5.78 Å². The van der Waals surface area contributed by atoms with Crippen LogP contribution < -0.4 is 0 Å². The molecule has 0 aliphatic heterocycles. The Morgan fingerprint density at radius 1 is 1.29 bits per heavy atom. The van der Waals surface area contributed by atoms with Crippen molar-refractivity contribution < 1.29 is 4.79 Å². The number of aromatic nitrogens is 3. The van der Waals surface area contributed by atoms with Crippen molar-refractivity contribution in [2.24, 2.45) is 7.05 Å². The van der Waals surface area contributed by atoms with Crippen LogP contribution in [0.15, 0.2) is 24.4 Å². The van der Waals surface area contributed by atoms with Gasteiger partial charge in [0.2, 0.25) is 0 Å². The summed E-state index contributed by atoms with van der Waals surface area (Å²) >= 11 is 0. The SMILES string of the molecule is Cc1ccc(C(=O)Cc2cc(C)nn2C)cn1. The molecule has 0 spiro atoms. The molecule has 17 heavy (non-hydrogen) atoms. The minimum Gasteiger partial charge on any atom is -0.294 e. The van der Waals surface area contributed by atoms with Gasteiger partial charge in [-0.25, -0.2) is 0 Å². The molecule has 0 bridgehead atoms. The van der Waals surface area contributed by atoms with E-state index in [0.717, 1.165) is 17.1 Å². The molecule has 0 unspecified atom stereocenters. The highest BCUT2D eigenvalue weighted by Gasteiger charge is 2.10. The number of pyridine rings is 1. The molecule has 88 valence electrons. The lowest BCUT2D eigenvalue weighted by Gasteiger charge is -2.01. The van der Waals surface area contributed by atoms with Gasteiger partial charge in [-0.15, -0.1) is 0 Å². The van der Waals surface area contributed by atoms with Gasteiger partial charge in [0.15, 0.2) is 5.78 Å². The first-order valence-corrected chi connectivity index (χ1v) is 5.51. The van der Waals surface area contributed by atoms with E-state index in [2.05, 4.69) is 10.1 Å². The Morgan fingerprint density at radius 2 is 2.06 bits per heavy atom. The lowest BCUT2D eigenvalue weighted by atomic mass is 10.1. The van der Waals surface area contributed by atoms with Crippen LogP contribution in [0.4, 0.5) is 0 Å². The van der Waals surface area contributed by atoms with Crippen LogP contribution in [0.5, 0.6) is 0 Å². The van der Waals surface area contributed by atoms with Crippen molar-refractivity contribution in [3.8, 4) is 0 Å². The summed E-state index contributed by atoms with van der Waals surface area (Å²) in [6, 6.07) is 5.59. The average molecular weight is 229 g/mol. The zero-order valence-electron chi connectivity index (χ0n) is 10.3. The van der Waals surface area contributed by atoms with Gasteiger partial charge in [0.25, 0.3) is 0 Å². The Balaban J connectivity index is 2.17. The minimum absolute atomic E-state index is 0.0699. The van der Waals surface area contributed by atoms with Crippen molar-refractivity contribution in [2.75, 3.05) is 0 Å². The summed E-state index contributed by atoms with van der Waals surface area (Å²) in [4.78, 5) is 16.1. The molecule has 0 fully saturated rings. The maximum atomic E-state index is 12.0. The van der Waals surface area contributed by atoms with Crippen LogP contribution in [0.2, 0.25) is 0 Å². The fourth-order valence-corrected chi connectivity index (χ4v) is 1.73. The van der Waals surface area contributed by atoms with Crippen LogP contribution in [0.25, 0.3) is 0 Å². The zero-order valence-corrected chi connectivity index (χ0v) is 10.3. The quantitative estimate of drug-likeness (QED) is 0.755. The molecule has 2 heterocycles. The maximum absolute atomic E-state index is 12.0. The number of hydrogen-bond donors (Lipinski definition) is 0. The van der Waals surface area contributed by atoms with E-state index in [1.54, 1.807) is 10.9 Å². The molecule has 4 heteroatoms. The molecule has 0 aromatic carbocycles. The minimum atomic E-state index is 0.0699. The van der Waals surface area contributed by atoms with Crippen LogP contribution in [0.3, 0.4) is 0 Å². The lowest BCUT2D eigenvalue weighted by Crippen LogP contribution is -2.08. The van der Waals surface area contributed by atoms with Gasteiger partial charge in [0, 0.05) is 30.2 Å². The molecule has 0 aliphatic carbocycles. The molecule has 0 atom stereocenters. The molecular weight excluding hydrogens is 214 g/mol. The first kappa shape index (κ1) is 11.5. The predicted molar refractivity (Wildman–Crippen MR) is 65.0 cm³/mol. The van der Waals surface area contributed by atoms with E-state index in [0.29, 0.717) is 12.0 Å². The highest BCUT2D eigenvalue weighted by atomic mass is 16.1. The van der Waals surface area contributed by atoms with E-state index >= 15 is 0 Å². The van der Waals surface area contributed by atoms with E-state index in [1.165, 1.54) is 0 Å². The van der Waals surface area contributed by atoms with Crippen molar-refractivity contribution >= 4 is 5.78 Å². The van der Waals surface area contributed by atoms with Crippen molar-refractivity contribution in [3.05, 3.63) is 47.0 Å². The number of carbonyl (C=O) groups is 1. The van der Waals surface area contributed by atoms with Crippen LogP contribution in [0.1, 0.15) is 27.4 Å². The lowest BCUT2D eigenvalue weighted by molar-refractivity contribution is 0.0990. The summed E-state index contributed by atoms with van der Waals surface area (Å²) in [6.07, 6.45) is 1.99. The number of ketones is 1. The third-order valence-electron chi connectivity index (χ3n) is 2.67. The Kier molecular flexibility index (Phi) is 3.04. The van der Waals surface area contributed by atoms with E-state index in [9.17, 15) is 4.79 Å². The van der Waals surface area contributed by atoms with Crippen molar-refractivity contribution in [2.45, 2.75) is 20.3 Å². The maximum Gasteiger partial charge on any atom is 0.170 e. The van der Waals surface area contributed by atoms with Crippen molar-refractivity contribution in [1.29, 1.82) is 0 Å². The summed E-state index contributed by atoms with van der Waals surface area (Å²) in [7, 11) is 1.85. The third-order valence-corrected chi connectivity index (χ3v) is 2.67.